The second-order valence-electron chi connectivity index (χ2n) is 6.56. The molecule has 2 aromatic heterocycles. The summed E-state index contributed by atoms with van der Waals surface area (Å²) in [5, 5.41) is 15.7. The van der Waals surface area contributed by atoms with Crippen molar-refractivity contribution in [2.75, 3.05) is 24.7 Å². The molecule has 32 heavy (non-hydrogen) atoms. The topological polar surface area (TPSA) is 130 Å². The Morgan fingerprint density at radius 2 is 1.88 bits per heavy atom. The van der Waals surface area contributed by atoms with E-state index in [2.05, 4.69) is 35.9 Å². The fourth-order valence-corrected chi connectivity index (χ4v) is 3.49. The van der Waals surface area contributed by atoms with E-state index in [-0.39, 0.29) is 21.6 Å². The van der Waals surface area contributed by atoms with E-state index in [9.17, 15) is 30.4 Å². The van der Waals surface area contributed by atoms with Gasteiger partial charge in [-0.3, -0.25) is 0 Å². The molecule has 0 saturated carbocycles. The molecule has 1 atom stereocenters. The lowest BCUT2D eigenvalue weighted by atomic mass is 10.1. The third-order valence-corrected chi connectivity index (χ3v) is 5.32. The third kappa shape index (κ3) is 6.13. The normalized spacial score (nSPS) is 13.3. The molecule has 0 saturated heterocycles. The van der Waals surface area contributed by atoms with Gasteiger partial charge in [0.1, 0.15) is 18.2 Å². The minimum absolute atomic E-state index is 0.126. The lowest BCUT2D eigenvalue weighted by Gasteiger charge is -2.27. The van der Waals surface area contributed by atoms with Crippen molar-refractivity contribution in [3.8, 4) is 11.4 Å². The standard InChI is InChI=1S/C16H15F5N8O2S/c1-32(30,31)29(8-16(19,20)21)7-13(11-3-2-10(17)4-12(11)18)24-15-22-5-9(6-23-15)14-25-27-28-26-14/h2-6,13H,7-8H2,1H3,(H,22,23,24)(H,25,26,27,28). The second-order valence-corrected chi connectivity index (χ2v) is 8.55. The van der Waals surface area contributed by atoms with Crippen LogP contribution in [0.4, 0.5) is 27.9 Å². The second kappa shape index (κ2) is 9.07. The van der Waals surface area contributed by atoms with Crippen molar-refractivity contribution in [3.05, 3.63) is 47.8 Å². The molecule has 2 N–H and O–H groups in total. The number of aromatic nitrogens is 6. The van der Waals surface area contributed by atoms with E-state index in [1.807, 2.05) is 0 Å². The molecule has 10 nitrogen and oxygen atoms in total. The fraction of sp³-hybridized carbons (Fsp3) is 0.312. The lowest BCUT2D eigenvalue weighted by molar-refractivity contribution is -0.136. The summed E-state index contributed by atoms with van der Waals surface area (Å²) in [5.41, 5.74) is 0.0664. The molecule has 0 bridgehead atoms. The van der Waals surface area contributed by atoms with Crippen molar-refractivity contribution in [1.82, 2.24) is 34.9 Å². The first-order valence-corrected chi connectivity index (χ1v) is 10.6. The van der Waals surface area contributed by atoms with Crippen molar-refractivity contribution in [3.63, 3.8) is 0 Å². The van der Waals surface area contributed by atoms with Crippen LogP contribution in [0.3, 0.4) is 0 Å². The van der Waals surface area contributed by atoms with Crippen LogP contribution in [0.2, 0.25) is 0 Å². The maximum Gasteiger partial charge on any atom is 0.402 e. The monoisotopic (exact) mass is 478 g/mol. The summed E-state index contributed by atoms with van der Waals surface area (Å²) in [6.07, 6.45) is -1.73. The molecule has 16 heteroatoms. The molecule has 172 valence electrons. The van der Waals surface area contributed by atoms with Crippen LogP contribution < -0.4 is 5.32 Å². The van der Waals surface area contributed by atoms with E-state index >= 15 is 0 Å². The van der Waals surface area contributed by atoms with Gasteiger partial charge in [0.25, 0.3) is 0 Å². The van der Waals surface area contributed by atoms with Crippen molar-refractivity contribution in [2.45, 2.75) is 12.2 Å². The number of anilines is 1. The quantitative estimate of drug-likeness (QED) is 0.470. The van der Waals surface area contributed by atoms with E-state index in [0.29, 0.717) is 17.9 Å². The Bertz CT molecular complexity index is 1160. The summed E-state index contributed by atoms with van der Waals surface area (Å²) in [6.45, 7) is -2.64. The Morgan fingerprint density at radius 1 is 1.19 bits per heavy atom. The van der Waals surface area contributed by atoms with Gasteiger partial charge in [-0.15, -0.1) is 10.2 Å². The van der Waals surface area contributed by atoms with Gasteiger partial charge in [0, 0.05) is 30.6 Å². The molecule has 1 unspecified atom stereocenters. The van der Waals surface area contributed by atoms with Gasteiger partial charge in [-0.1, -0.05) is 6.07 Å². The number of tetrazole rings is 1. The highest BCUT2D eigenvalue weighted by Gasteiger charge is 2.36. The number of benzene rings is 1. The van der Waals surface area contributed by atoms with Crippen LogP contribution in [0.1, 0.15) is 11.6 Å². The minimum Gasteiger partial charge on any atom is -0.346 e. The van der Waals surface area contributed by atoms with Crippen LogP contribution in [0.25, 0.3) is 11.4 Å². The van der Waals surface area contributed by atoms with Gasteiger partial charge in [-0.2, -0.15) is 22.7 Å². The largest absolute Gasteiger partial charge is 0.402 e. The Morgan fingerprint density at radius 3 is 2.41 bits per heavy atom. The zero-order valence-electron chi connectivity index (χ0n) is 16.2. The maximum absolute atomic E-state index is 14.4. The van der Waals surface area contributed by atoms with Gasteiger partial charge in [0.15, 0.2) is 0 Å². The molecule has 0 aliphatic rings. The first-order valence-electron chi connectivity index (χ1n) is 8.71. The Labute approximate surface area is 177 Å². The number of H-pyrrole nitrogens is 1. The summed E-state index contributed by atoms with van der Waals surface area (Å²) < 4.78 is 90.5. The highest BCUT2D eigenvalue weighted by Crippen LogP contribution is 2.26. The van der Waals surface area contributed by atoms with Crippen molar-refractivity contribution < 1.29 is 30.4 Å². The van der Waals surface area contributed by atoms with E-state index in [0.717, 1.165) is 12.1 Å². The SMILES string of the molecule is CS(=O)(=O)N(CC(Nc1ncc(-c2nn[nH]n2)cn1)c1ccc(F)cc1F)CC(F)(F)F. The molecule has 0 fully saturated rings. The number of halogens is 5. The van der Waals surface area contributed by atoms with Crippen LogP contribution in [0.5, 0.6) is 0 Å². The third-order valence-electron chi connectivity index (χ3n) is 4.11. The molecule has 2 heterocycles. The lowest BCUT2D eigenvalue weighted by Crippen LogP contribution is -2.42. The van der Waals surface area contributed by atoms with E-state index in [1.54, 1.807) is 0 Å². The van der Waals surface area contributed by atoms with Gasteiger partial charge in [0.05, 0.1) is 17.9 Å². The minimum atomic E-state index is -4.85. The summed E-state index contributed by atoms with van der Waals surface area (Å²) in [7, 11) is -4.34. The number of hydrogen-bond donors (Lipinski definition) is 2. The molecule has 1 aromatic carbocycles. The van der Waals surface area contributed by atoms with Crippen molar-refractivity contribution in [2.24, 2.45) is 0 Å². The summed E-state index contributed by atoms with van der Waals surface area (Å²) in [6, 6.07) is 1.02. The fourth-order valence-electron chi connectivity index (χ4n) is 2.68. The van der Waals surface area contributed by atoms with Gasteiger partial charge in [-0.25, -0.2) is 27.2 Å². The van der Waals surface area contributed by atoms with Crippen LogP contribution in [0.15, 0.2) is 30.6 Å². The summed E-state index contributed by atoms with van der Waals surface area (Å²) >= 11 is 0. The van der Waals surface area contributed by atoms with Crippen LogP contribution in [-0.4, -0.2) is 68.8 Å². The van der Waals surface area contributed by atoms with Gasteiger partial charge >= 0.3 is 6.18 Å². The maximum atomic E-state index is 14.4. The van der Waals surface area contributed by atoms with Gasteiger partial charge < -0.3 is 5.32 Å². The van der Waals surface area contributed by atoms with Crippen LogP contribution in [-0.2, 0) is 10.0 Å². The molecule has 0 radical (unpaired) electrons. The molecule has 3 rings (SSSR count). The zero-order valence-corrected chi connectivity index (χ0v) is 17.0. The number of hydrogen-bond acceptors (Lipinski definition) is 8. The van der Waals surface area contributed by atoms with E-state index < -0.39 is 47.0 Å². The number of rotatable bonds is 8. The molecule has 0 aliphatic carbocycles. The van der Waals surface area contributed by atoms with Gasteiger partial charge in [0.2, 0.25) is 21.8 Å². The zero-order chi connectivity index (χ0) is 23.5. The smallest absolute Gasteiger partial charge is 0.346 e. The number of alkyl halides is 3. The van der Waals surface area contributed by atoms with Gasteiger partial charge in [-0.05, 0) is 11.3 Å². The molecular weight excluding hydrogens is 463 g/mol. The predicted molar refractivity (Wildman–Crippen MR) is 100 cm³/mol. The number of nitrogens with zero attached hydrogens (tertiary/aromatic N) is 6. The Hall–Kier alpha value is -3.27. The average Bonchev–Trinajstić information content (AvgIpc) is 3.20. The Balaban J connectivity index is 1.93. The molecule has 0 spiro atoms. The van der Waals surface area contributed by atoms with E-state index in [1.165, 1.54) is 12.4 Å². The molecular formula is C16H15F5N8O2S. The van der Waals surface area contributed by atoms with Crippen LogP contribution in [0, 0.1) is 11.6 Å². The molecule has 3 aromatic rings. The predicted octanol–water partition coefficient (Wildman–Crippen LogP) is 1.91. The van der Waals surface area contributed by atoms with Crippen LogP contribution >= 0.6 is 0 Å². The first kappa shape index (κ1) is 23.4. The van der Waals surface area contributed by atoms with E-state index in [4.69, 9.17) is 0 Å². The first-order chi connectivity index (χ1) is 14.9. The van der Waals surface area contributed by atoms with Crippen molar-refractivity contribution >= 4 is 16.0 Å². The highest BCUT2D eigenvalue weighted by molar-refractivity contribution is 7.88. The average molecular weight is 478 g/mol. The summed E-state index contributed by atoms with van der Waals surface area (Å²) in [5.74, 6) is -2.00. The van der Waals surface area contributed by atoms with Crippen molar-refractivity contribution in [1.29, 1.82) is 0 Å². The number of sulfonamides is 1. The highest BCUT2D eigenvalue weighted by atomic mass is 32.2. The summed E-state index contributed by atoms with van der Waals surface area (Å²) in [4.78, 5) is 7.92. The Kier molecular flexibility index (Phi) is 6.63. The number of nitrogens with one attached hydrogen (secondary N) is 2. The molecule has 0 aliphatic heterocycles. The molecule has 0 amide bonds. The number of aromatic amines is 1.